The van der Waals surface area contributed by atoms with Crippen LogP contribution in [0.5, 0.6) is 0 Å². The fourth-order valence-corrected chi connectivity index (χ4v) is 2.78. The highest BCUT2D eigenvalue weighted by Crippen LogP contribution is 2.19. The molecule has 2 heterocycles. The van der Waals surface area contributed by atoms with Gasteiger partial charge in [-0.15, -0.1) is 0 Å². The first-order valence-corrected chi connectivity index (χ1v) is 6.96. The van der Waals surface area contributed by atoms with Gasteiger partial charge in [-0.1, -0.05) is 0 Å². The number of hydrogen-bond acceptors (Lipinski definition) is 3. The number of aliphatic hydroxyl groups excluding tert-OH is 1. The molecule has 5 nitrogen and oxygen atoms in total. The third kappa shape index (κ3) is 2.18. The van der Waals surface area contributed by atoms with Crippen LogP contribution in [0.1, 0.15) is 29.0 Å². The Balaban J connectivity index is 1.91. The van der Waals surface area contributed by atoms with E-state index in [9.17, 15) is 9.90 Å². The fourth-order valence-electron chi connectivity index (χ4n) is 2.78. The summed E-state index contributed by atoms with van der Waals surface area (Å²) in [7, 11) is 1.97. The number of aliphatic hydroxyl groups is 1. The summed E-state index contributed by atoms with van der Waals surface area (Å²) < 4.78 is 2.01. The van der Waals surface area contributed by atoms with Crippen molar-refractivity contribution in [3.05, 3.63) is 29.6 Å². The van der Waals surface area contributed by atoms with E-state index in [1.165, 1.54) is 0 Å². The topological polar surface area (TPSA) is 58.4 Å². The number of β-amino-alcohol motifs (C(OH)–C–C–N with tert-alkyl or cyclic N) is 1. The van der Waals surface area contributed by atoms with Crippen molar-refractivity contribution in [1.29, 1.82) is 0 Å². The van der Waals surface area contributed by atoms with Crippen LogP contribution in [0.15, 0.2) is 18.2 Å². The van der Waals surface area contributed by atoms with E-state index in [-0.39, 0.29) is 5.91 Å². The summed E-state index contributed by atoms with van der Waals surface area (Å²) >= 11 is 0. The van der Waals surface area contributed by atoms with Gasteiger partial charge in [0.1, 0.15) is 5.82 Å². The molecule has 0 spiro atoms. The zero-order valence-corrected chi connectivity index (χ0v) is 11.8. The van der Waals surface area contributed by atoms with E-state index < -0.39 is 6.10 Å². The van der Waals surface area contributed by atoms with Crippen LogP contribution in [-0.2, 0) is 7.05 Å². The van der Waals surface area contributed by atoms with Gasteiger partial charge in [-0.2, -0.15) is 0 Å². The lowest BCUT2D eigenvalue weighted by atomic mass is 10.1. The van der Waals surface area contributed by atoms with Crippen LogP contribution in [0, 0.1) is 6.92 Å². The number of piperidine rings is 1. The predicted molar refractivity (Wildman–Crippen MR) is 76.6 cm³/mol. The van der Waals surface area contributed by atoms with Gasteiger partial charge in [-0.05, 0) is 38.0 Å². The monoisotopic (exact) mass is 273 g/mol. The number of carbonyl (C=O) groups excluding carboxylic acids is 1. The third-order valence-corrected chi connectivity index (χ3v) is 4.04. The summed E-state index contributed by atoms with van der Waals surface area (Å²) in [6.45, 7) is 3.09. The maximum Gasteiger partial charge on any atom is 0.254 e. The number of rotatable bonds is 1. The minimum Gasteiger partial charge on any atom is -0.391 e. The molecule has 20 heavy (non-hydrogen) atoms. The van der Waals surface area contributed by atoms with Gasteiger partial charge in [0.15, 0.2) is 0 Å². The van der Waals surface area contributed by atoms with E-state index >= 15 is 0 Å². The van der Waals surface area contributed by atoms with Gasteiger partial charge in [0.2, 0.25) is 0 Å². The Morgan fingerprint density at radius 3 is 3.00 bits per heavy atom. The second kappa shape index (κ2) is 4.90. The van der Waals surface area contributed by atoms with E-state index in [1.54, 1.807) is 4.90 Å². The molecule has 1 aliphatic heterocycles. The van der Waals surface area contributed by atoms with Crippen LogP contribution < -0.4 is 0 Å². The van der Waals surface area contributed by atoms with Crippen molar-refractivity contribution in [1.82, 2.24) is 14.5 Å². The van der Waals surface area contributed by atoms with Crippen LogP contribution in [-0.4, -0.2) is 44.7 Å². The molecule has 106 valence electrons. The fraction of sp³-hybridized carbons (Fsp3) is 0.467. The van der Waals surface area contributed by atoms with Crippen molar-refractivity contribution < 1.29 is 9.90 Å². The molecule has 1 atom stereocenters. The first-order chi connectivity index (χ1) is 9.56. The summed E-state index contributed by atoms with van der Waals surface area (Å²) in [6, 6.07) is 5.61. The summed E-state index contributed by atoms with van der Waals surface area (Å²) in [5, 5.41) is 9.68. The Bertz CT molecular complexity index is 662. The van der Waals surface area contributed by atoms with Gasteiger partial charge in [0.05, 0.1) is 17.1 Å². The number of hydrogen-bond donors (Lipinski definition) is 1. The Morgan fingerprint density at radius 2 is 2.25 bits per heavy atom. The highest BCUT2D eigenvalue weighted by molar-refractivity contribution is 5.97. The number of benzene rings is 1. The summed E-state index contributed by atoms with van der Waals surface area (Å²) in [5.74, 6) is 0.909. The standard InChI is InChI=1S/C15H19N3O2/c1-10-16-13-8-11(5-6-14(13)17(10)2)15(20)18-7-3-4-12(19)9-18/h5-6,8,12,19H,3-4,7,9H2,1-2H3. The molecule has 0 bridgehead atoms. The number of fused-ring (bicyclic) bond motifs is 1. The quantitative estimate of drug-likeness (QED) is 0.856. The van der Waals surface area contributed by atoms with Crippen LogP contribution in [0.3, 0.4) is 0 Å². The highest BCUT2D eigenvalue weighted by atomic mass is 16.3. The molecule has 2 aromatic rings. The molecule has 1 aliphatic rings. The van der Waals surface area contributed by atoms with Crippen molar-refractivity contribution in [2.75, 3.05) is 13.1 Å². The van der Waals surface area contributed by atoms with Gasteiger partial charge >= 0.3 is 0 Å². The van der Waals surface area contributed by atoms with Crippen molar-refractivity contribution in [3.8, 4) is 0 Å². The first kappa shape index (κ1) is 13.1. The van der Waals surface area contributed by atoms with Crippen LogP contribution >= 0.6 is 0 Å². The average Bonchev–Trinajstić information content (AvgIpc) is 2.73. The van der Waals surface area contributed by atoms with Gasteiger partial charge < -0.3 is 14.6 Å². The number of imidazole rings is 1. The third-order valence-electron chi connectivity index (χ3n) is 4.04. The molecule has 0 saturated carbocycles. The lowest BCUT2D eigenvalue weighted by Crippen LogP contribution is -2.42. The average molecular weight is 273 g/mol. The molecule has 1 aromatic carbocycles. The first-order valence-electron chi connectivity index (χ1n) is 6.96. The van der Waals surface area contributed by atoms with Crippen molar-refractivity contribution in [2.45, 2.75) is 25.9 Å². The molecular weight excluding hydrogens is 254 g/mol. The Morgan fingerprint density at radius 1 is 1.45 bits per heavy atom. The minimum absolute atomic E-state index is 0.0195. The maximum atomic E-state index is 12.5. The zero-order valence-electron chi connectivity index (χ0n) is 11.8. The van der Waals surface area contributed by atoms with Crippen molar-refractivity contribution >= 4 is 16.9 Å². The number of nitrogens with zero attached hydrogens (tertiary/aromatic N) is 3. The second-order valence-corrected chi connectivity index (χ2v) is 5.47. The Kier molecular flexibility index (Phi) is 3.22. The van der Waals surface area contributed by atoms with E-state index in [2.05, 4.69) is 4.98 Å². The molecule has 1 N–H and O–H groups in total. The summed E-state index contributed by atoms with van der Waals surface area (Å²) in [6.07, 6.45) is 1.24. The molecule has 1 aromatic heterocycles. The van der Waals surface area contributed by atoms with Gasteiger partial charge in [0.25, 0.3) is 5.91 Å². The number of likely N-dealkylation sites (tertiary alicyclic amines) is 1. The molecule has 1 saturated heterocycles. The largest absolute Gasteiger partial charge is 0.391 e. The SMILES string of the molecule is Cc1nc2cc(C(=O)N3CCCC(O)C3)ccc2n1C. The van der Waals surface area contributed by atoms with E-state index in [0.717, 1.165) is 36.2 Å². The number of aromatic nitrogens is 2. The Labute approximate surface area is 117 Å². The molecule has 1 unspecified atom stereocenters. The molecule has 3 rings (SSSR count). The molecule has 1 amide bonds. The van der Waals surface area contributed by atoms with Gasteiger partial charge in [-0.25, -0.2) is 4.98 Å². The molecule has 0 aliphatic carbocycles. The van der Waals surface area contributed by atoms with Gasteiger partial charge in [-0.3, -0.25) is 4.79 Å². The summed E-state index contributed by atoms with van der Waals surface area (Å²) in [4.78, 5) is 18.6. The second-order valence-electron chi connectivity index (χ2n) is 5.47. The number of amides is 1. The minimum atomic E-state index is -0.395. The zero-order chi connectivity index (χ0) is 14.3. The van der Waals surface area contributed by atoms with Crippen LogP contribution in [0.2, 0.25) is 0 Å². The normalized spacial score (nSPS) is 19.6. The number of carbonyl (C=O) groups is 1. The molecule has 0 radical (unpaired) electrons. The smallest absolute Gasteiger partial charge is 0.254 e. The maximum absolute atomic E-state index is 12.5. The molecule has 1 fully saturated rings. The van der Waals surface area contributed by atoms with Gasteiger partial charge in [0, 0.05) is 25.7 Å². The Hall–Kier alpha value is -1.88. The molecular formula is C15H19N3O2. The van der Waals surface area contributed by atoms with E-state index in [1.807, 2.05) is 36.7 Å². The lowest BCUT2D eigenvalue weighted by Gasteiger charge is -2.30. The van der Waals surface area contributed by atoms with E-state index in [4.69, 9.17) is 0 Å². The predicted octanol–water partition coefficient (Wildman–Crippen LogP) is 1.48. The summed E-state index contributed by atoms with van der Waals surface area (Å²) in [5.41, 5.74) is 2.51. The van der Waals surface area contributed by atoms with Crippen LogP contribution in [0.4, 0.5) is 0 Å². The highest BCUT2D eigenvalue weighted by Gasteiger charge is 2.23. The van der Waals surface area contributed by atoms with Crippen molar-refractivity contribution in [2.24, 2.45) is 7.05 Å². The van der Waals surface area contributed by atoms with Crippen molar-refractivity contribution in [3.63, 3.8) is 0 Å². The van der Waals surface area contributed by atoms with Crippen LogP contribution in [0.25, 0.3) is 11.0 Å². The van der Waals surface area contributed by atoms with E-state index in [0.29, 0.717) is 12.1 Å². The number of aryl methyl sites for hydroxylation is 2. The molecule has 5 heteroatoms. The lowest BCUT2D eigenvalue weighted by molar-refractivity contribution is 0.0474.